The zero-order valence-corrected chi connectivity index (χ0v) is 27.2. The fraction of sp³-hybridized carbons (Fsp3) is 0.333. The fourth-order valence-corrected chi connectivity index (χ4v) is 5.71. The lowest BCUT2D eigenvalue weighted by molar-refractivity contribution is -0.281. The molecular weight excluding hydrogens is 612 g/mol. The normalized spacial score (nSPS) is 20.7. The average Bonchev–Trinajstić information content (AvgIpc) is 3.14. The van der Waals surface area contributed by atoms with Gasteiger partial charge in [0.15, 0.2) is 5.92 Å². The van der Waals surface area contributed by atoms with Gasteiger partial charge < -0.3 is 33.2 Å². The molecule has 5 rings (SSSR count). The topological polar surface area (TPSA) is 98.8 Å². The zero-order valence-electron chi connectivity index (χ0n) is 27.2. The number of hydrogen-bond donors (Lipinski definition) is 0. The first-order valence-corrected chi connectivity index (χ1v) is 16.0. The molecule has 0 spiro atoms. The summed E-state index contributed by atoms with van der Waals surface area (Å²) in [5.74, 6) is -3.08. The van der Waals surface area contributed by atoms with Gasteiger partial charge in [0.1, 0.15) is 30.5 Å². The second-order valence-corrected chi connectivity index (χ2v) is 11.4. The summed E-state index contributed by atoms with van der Waals surface area (Å²) < 4.78 is 42.9. The van der Waals surface area contributed by atoms with Gasteiger partial charge in [-0.2, -0.15) is 0 Å². The third-order valence-corrected chi connectivity index (χ3v) is 8.16. The summed E-state index contributed by atoms with van der Waals surface area (Å²) in [7, 11) is 2.44. The van der Waals surface area contributed by atoms with Gasteiger partial charge >= 0.3 is 11.9 Å². The molecule has 0 aromatic heterocycles. The maximum absolute atomic E-state index is 13.3. The van der Waals surface area contributed by atoms with Crippen molar-refractivity contribution in [1.29, 1.82) is 0 Å². The molecule has 252 valence electrons. The number of methoxy groups -OCH3 is 2. The van der Waals surface area contributed by atoms with Crippen molar-refractivity contribution in [3.05, 3.63) is 144 Å². The molecule has 48 heavy (non-hydrogen) atoms. The van der Waals surface area contributed by atoms with Gasteiger partial charge in [0.2, 0.25) is 0 Å². The van der Waals surface area contributed by atoms with E-state index in [0.29, 0.717) is 6.61 Å². The van der Waals surface area contributed by atoms with E-state index in [9.17, 15) is 9.59 Å². The molecule has 4 aromatic carbocycles. The minimum atomic E-state index is -1.46. The lowest BCUT2D eigenvalue weighted by Gasteiger charge is -2.47. The molecule has 0 aliphatic carbocycles. The third kappa shape index (κ3) is 9.59. The van der Waals surface area contributed by atoms with Crippen molar-refractivity contribution >= 4 is 11.9 Å². The Bertz CT molecular complexity index is 1500. The molecule has 1 fully saturated rings. The molecule has 1 heterocycles. The monoisotopic (exact) mass is 654 g/mol. The van der Waals surface area contributed by atoms with E-state index in [1.807, 2.05) is 121 Å². The molecular formula is C39H42O9. The molecule has 0 amide bonds. The van der Waals surface area contributed by atoms with Crippen LogP contribution in [0.3, 0.4) is 0 Å². The highest BCUT2D eigenvalue weighted by Gasteiger charge is 2.54. The maximum atomic E-state index is 13.3. The van der Waals surface area contributed by atoms with Crippen LogP contribution in [0.4, 0.5) is 0 Å². The van der Waals surface area contributed by atoms with Crippen LogP contribution in [0.2, 0.25) is 0 Å². The number of rotatable bonds is 16. The van der Waals surface area contributed by atoms with Gasteiger partial charge in [0.05, 0.1) is 47.3 Å². The molecule has 1 saturated heterocycles. The smallest absolute Gasteiger partial charge is 0.322 e. The summed E-state index contributed by atoms with van der Waals surface area (Å²) in [5.41, 5.74) is 3.75. The van der Waals surface area contributed by atoms with E-state index in [4.69, 9.17) is 33.2 Å². The lowest BCUT2D eigenvalue weighted by Crippen LogP contribution is -2.64. The number of benzene rings is 4. The van der Waals surface area contributed by atoms with Gasteiger partial charge in [-0.25, -0.2) is 0 Å². The number of carbonyl (C=O) groups is 2. The summed E-state index contributed by atoms with van der Waals surface area (Å²) in [5, 5.41) is 0. The van der Waals surface area contributed by atoms with Gasteiger partial charge in [-0.3, -0.25) is 9.59 Å². The fourth-order valence-electron chi connectivity index (χ4n) is 5.71. The number of ether oxygens (including phenoxy) is 7. The van der Waals surface area contributed by atoms with E-state index < -0.39 is 48.4 Å². The highest BCUT2D eigenvalue weighted by atomic mass is 16.6. The van der Waals surface area contributed by atoms with Crippen molar-refractivity contribution in [2.24, 2.45) is 5.92 Å². The largest absolute Gasteiger partial charge is 0.468 e. The van der Waals surface area contributed by atoms with Crippen molar-refractivity contribution in [2.45, 2.75) is 56.9 Å². The molecule has 0 bridgehead atoms. The molecule has 4 aromatic rings. The highest BCUT2D eigenvalue weighted by molar-refractivity contribution is 5.95. The van der Waals surface area contributed by atoms with E-state index in [2.05, 4.69) is 0 Å². The van der Waals surface area contributed by atoms with E-state index in [1.54, 1.807) is 0 Å². The first-order valence-electron chi connectivity index (χ1n) is 16.0. The molecule has 9 nitrogen and oxygen atoms in total. The maximum Gasteiger partial charge on any atom is 0.322 e. The first kappa shape index (κ1) is 34.9. The van der Waals surface area contributed by atoms with E-state index in [-0.39, 0.29) is 26.4 Å². The minimum absolute atomic E-state index is 0.0799. The summed E-state index contributed by atoms with van der Waals surface area (Å²) in [6.45, 7) is 1.02. The standard InChI is InChI=1S/C39H42O9/c1-42-38(40)33(39(41)43-2)35-37(47-26-31-21-13-6-14-22-31)36(46-25-30-19-11-5-12-20-30)34(45-24-29-17-9-4-10-18-29)32(48-35)27-44-23-28-15-7-3-8-16-28/h3-22,32-37H,23-27H2,1-2H3/t32-,34-,35+,36+,37+/m1/s1. The van der Waals surface area contributed by atoms with Crippen molar-refractivity contribution in [2.75, 3.05) is 20.8 Å². The second kappa shape index (κ2) is 18.2. The summed E-state index contributed by atoms with van der Waals surface area (Å²) >= 11 is 0. The Kier molecular flexibility index (Phi) is 13.3. The molecule has 1 aliphatic heterocycles. The van der Waals surface area contributed by atoms with Crippen LogP contribution >= 0.6 is 0 Å². The predicted molar refractivity (Wildman–Crippen MR) is 177 cm³/mol. The van der Waals surface area contributed by atoms with Crippen LogP contribution in [0.5, 0.6) is 0 Å². The summed E-state index contributed by atoms with van der Waals surface area (Å²) in [6, 6.07) is 38.9. The highest BCUT2D eigenvalue weighted by Crippen LogP contribution is 2.35. The van der Waals surface area contributed by atoms with Crippen molar-refractivity contribution in [3.8, 4) is 0 Å². The van der Waals surface area contributed by atoms with E-state index in [0.717, 1.165) is 22.3 Å². The van der Waals surface area contributed by atoms with Crippen LogP contribution in [-0.4, -0.2) is 63.3 Å². The Balaban J connectivity index is 1.53. The van der Waals surface area contributed by atoms with Gasteiger partial charge in [-0.15, -0.1) is 0 Å². The lowest BCUT2D eigenvalue weighted by atomic mass is 9.87. The van der Waals surface area contributed by atoms with Crippen LogP contribution < -0.4 is 0 Å². The van der Waals surface area contributed by atoms with Crippen LogP contribution in [0.1, 0.15) is 22.3 Å². The Labute approximate surface area is 281 Å². The molecule has 0 radical (unpaired) electrons. The van der Waals surface area contributed by atoms with Gasteiger partial charge in [-0.05, 0) is 22.3 Å². The number of carbonyl (C=O) groups excluding carboxylic acids is 2. The van der Waals surface area contributed by atoms with Crippen LogP contribution in [-0.2, 0) is 69.2 Å². The molecule has 9 heteroatoms. The SMILES string of the molecule is COC(=O)C(C(=O)OC)[C@@H]1O[C@H](COCc2ccccc2)[C@@H](OCc2ccccc2)[C@H](OCc2ccccc2)[C@H]1OCc1ccccc1. The van der Waals surface area contributed by atoms with Crippen molar-refractivity contribution in [3.63, 3.8) is 0 Å². The van der Waals surface area contributed by atoms with Gasteiger partial charge in [0, 0.05) is 0 Å². The summed E-state index contributed by atoms with van der Waals surface area (Å²) in [4.78, 5) is 26.5. The Morgan fingerprint density at radius 2 is 0.917 bits per heavy atom. The predicted octanol–water partition coefficient (Wildman–Crippen LogP) is 5.69. The van der Waals surface area contributed by atoms with Crippen molar-refractivity contribution < 1.29 is 42.7 Å². The number of hydrogen-bond acceptors (Lipinski definition) is 9. The van der Waals surface area contributed by atoms with Gasteiger partial charge in [-0.1, -0.05) is 121 Å². The second-order valence-electron chi connectivity index (χ2n) is 11.4. The first-order chi connectivity index (χ1) is 23.6. The average molecular weight is 655 g/mol. The molecule has 0 saturated carbocycles. The van der Waals surface area contributed by atoms with E-state index in [1.165, 1.54) is 14.2 Å². The molecule has 0 unspecified atom stereocenters. The van der Waals surface area contributed by atoms with Crippen molar-refractivity contribution in [1.82, 2.24) is 0 Å². The van der Waals surface area contributed by atoms with E-state index >= 15 is 0 Å². The number of esters is 2. The zero-order chi connectivity index (χ0) is 33.6. The molecule has 1 aliphatic rings. The Morgan fingerprint density at radius 1 is 0.542 bits per heavy atom. The molecule has 5 atom stereocenters. The van der Waals surface area contributed by atoms with Crippen LogP contribution in [0.15, 0.2) is 121 Å². The quantitative estimate of drug-likeness (QED) is 0.112. The third-order valence-electron chi connectivity index (χ3n) is 8.16. The minimum Gasteiger partial charge on any atom is -0.468 e. The Morgan fingerprint density at radius 3 is 1.33 bits per heavy atom. The molecule has 0 N–H and O–H groups in total. The van der Waals surface area contributed by atoms with Crippen LogP contribution in [0, 0.1) is 5.92 Å². The van der Waals surface area contributed by atoms with Crippen LogP contribution in [0.25, 0.3) is 0 Å². The Hall–Kier alpha value is -4.38. The summed E-state index contributed by atoms with van der Waals surface area (Å²) in [6.07, 6.45) is -4.41. The van der Waals surface area contributed by atoms with Gasteiger partial charge in [0.25, 0.3) is 0 Å².